The maximum atomic E-state index is 5.31. The Morgan fingerprint density at radius 3 is 3.11 bits per heavy atom. The molecule has 0 amide bonds. The van der Waals surface area contributed by atoms with Gasteiger partial charge in [0.25, 0.3) is 0 Å². The summed E-state index contributed by atoms with van der Waals surface area (Å²) in [5, 5.41) is 3.54. The second kappa shape index (κ2) is 5.51. The number of nitrogens with zero attached hydrogens (tertiary/aromatic N) is 1. The summed E-state index contributed by atoms with van der Waals surface area (Å²) in [5.74, 6) is 0.965. The largest absolute Gasteiger partial charge is 0.497 e. The van der Waals surface area contributed by atoms with Crippen molar-refractivity contribution in [3.8, 4) is 5.75 Å². The van der Waals surface area contributed by atoms with Crippen molar-refractivity contribution in [3.05, 3.63) is 29.8 Å². The molecule has 0 saturated carbocycles. The maximum absolute atomic E-state index is 5.31. The standard InChI is InChI=1S/C16H24N2O/c1-19-15-5-2-4-14(10-15)11-18-9-3-6-16(13-18)7-8-17-12-16/h2,4-5,10,17H,3,6-9,11-13H2,1H3. The molecule has 2 aliphatic rings. The normalized spacial score (nSPS) is 27.8. The average molecular weight is 260 g/mol. The topological polar surface area (TPSA) is 24.5 Å². The zero-order valence-electron chi connectivity index (χ0n) is 11.8. The van der Waals surface area contributed by atoms with Gasteiger partial charge in [-0.15, -0.1) is 0 Å². The third-order valence-electron chi connectivity index (χ3n) is 4.61. The lowest BCUT2D eigenvalue weighted by Crippen LogP contribution is -2.43. The lowest BCUT2D eigenvalue weighted by molar-refractivity contribution is 0.0978. The molecule has 1 spiro atoms. The molecule has 0 bridgehead atoms. The van der Waals surface area contributed by atoms with E-state index in [0.717, 1.165) is 12.3 Å². The van der Waals surface area contributed by atoms with Crippen LogP contribution in [0.1, 0.15) is 24.8 Å². The predicted molar refractivity (Wildman–Crippen MR) is 77.4 cm³/mol. The van der Waals surface area contributed by atoms with E-state index in [9.17, 15) is 0 Å². The molecule has 2 fully saturated rings. The van der Waals surface area contributed by atoms with E-state index in [4.69, 9.17) is 4.74 Å². The molecule has 3 heteroatoms. The van der Waals surface area contributed by atoms with Crippen LogP contribution in [0.4, 0.5) is 0 Å². The van der Waals surface area contributed by atoms with Gasteiger partial charge in [-0.1, -0.05) is 12.1 Å². The van der Waals surface area contributed by atoms with Crippen molar-refractivity contribution in [2.45, 2.75) is 25.8 Å². The van der Waals surface area contributed by atoms with Crippen molar-refractivity contribution in [2.75, 3.05) is 33.3 Å². The lowest BCUT2D eigenvalue weighted by Gasteiger charge is -2.40. The quantitative estimate of drug-likeness (QED) is 0.902. The van der Waals surface area contributed by atoms with Gasteiger partial charge in [0.15, 0.2) is 0 Å². The number of nitrogens with one attached hydrogen (secondary N) is 1. The fourth-order valence-corrected chi connectivity index (χ4v) is 3.62. The number of benzene rings is 1. The Labute approximate surface area is 115 Å². The smallest absolute Gasteiger partial charge is 0.119 e. The highest BCUT2D eigenvalue weighted by atomic mass is 16.5. The van der Waals surface area contributed by atoms with Crippen LogP contribution in [0.2, 0.25) is 0 Å². The summed E-state index contributed by atoms with van der Waals surface area (Å²) < 4.78 is 5.31. The van der Waals surface area contributed by atoms with Gasteiger partial charge < -0.3 is 10.1 Å². The van der Waals surface area contributed by atoms with E-state index in [1.165, 1.54) is 51.0 Å². The van der Waals surface area contributed by atoms with Crippen molar-refractivity contribution in [2.24, 2.45) is 5.41 Å². The van der Waals surface area contributed by atoms with Crippen LogP contribution in [-0.2, 0) is 6.54 Å². The Balaban J connectivity index is 1.65. The average Bonchev–Trinajstić information content (AvgIpc) is 2.87. The van der Waals surface area contributed by atoms with Crippen LogP contribution in [0.3, 0.4) is 0 Å². The zero-order chi connectivity index (χ0) is 13.1. The third-order valence-corrected chi connectivity index (χ3v) is 4.61. The van der Waals surface area contributed by atoms with Crippen LogP contribution >= 0.6 is 0 Å². The molecule has 2 heterocycles. The van der Waals surface area contributed by atoms with Crippen LogP contribution in [0.15, 0.2) is 24.3 Å². The molecule has 1 unspecified atom stereocenters. The van der Waals surface area contributed by atoms with Gasteiger partial charge in [0.2, 0.25) is 0 Å². The first-order valence-corrected chi connectivity index (χ1v) is 7.36. The van der Waals surface area contributed by atoms with Gasteiger partial charge >= 0.3 is 0 Å². The SMILES string of the molecule is COc1cccc(CN2CCCC3(CCNC3)C2)c1. The summed E-state index contributed by atoms with van der Waals surface area (Å²) in [5.41, 5.74) is 1.92. The Morgan fingerprint density at radius 1 is 1.37 bits per heavy atom. The van der Waals surface area contributed by atoms with E-state index in [1.807, 2.05) is 6.07 Å². The Morgan fingerprint density at radius 2 is 2.32 bits per heavy atom. The first-order chi connectivity index (χ1) is 9.30. The maximum Gasteiger partial charge on any atom is 0.119 e. The van der Waals surface area contributed by atoms with Gasteiger partial charge in [0.05, 0.1) is 7.11 Å². The zero-order valence-corrected chi connectivity index (χ0v) is 11.8. The van der Waals surface area contributed by atoms with Crippen molar-refractivity contribution in [1.29, 1.82) is 0 Å². The van der Waals surface area contributed by atoms with Crippen LogP contribution in [0, 0.1) is 5.41 Å². The van der Waals surface area contributed by atoms with Crippen molar-refractivity contribution in [1.82, 2.24) is 10.2 Å². The highest BCUT2D eigenvalue weighted by Gasteiger charge is 2.37. The molecule has 1 atom stereocenters. The molecule has 2 aliphatic heterocycles. The fraction of sp³-hybridized carbons (Fsp3) is 0.625. The molecular weight excluding hydrogens is 236 g/mol. The number of hydrogen-bond acceptors (Lipinski definition) is 3. The van der Waals surface area contributed by atoms with Gasteiger partial charge in [0, 0.05) is 19.6 Å². The predicted octanol–water partition coefficient (Wildman–Crippen LogP) is 2.27. The lowest BCUT2D eigenvalue weighted by atomic mass is 9.79. The van der Waals surface area contributed by atoms with E-state index >= 15 is 0 Å². The van der Waals surface area contributed by atoms with Crippen molar-refractivity contribution < 1.29 is 4.74 Å². The minimum absolute atomic E-state index is 0.553. The molecule has 0 radical (unpaired) electrons. The van der Waals surface area contributed by atoms with Gasteiger partial charge in [-0.2, -0.15) is 0 Å². The molecule has 2 saturated heterocycles. The van der Waals surface area contributed by atoms with Crippen LogP contribution < -0.4 is 10.1 Å². The monoisotopic (exact) mass is 260 g/mol. The number of likely N-dealkylation sites (tertiary alicyclic amines) is 1. The molecule has 1 N–H and O–H groups in total. The summed E-state index contributed by atoms with van der Waals surface area (Å²) in [6.45, 7) is 5.95. The molecule has 0 aliphatic carbocycles. The highest BCUT2D eigenvalue weighted by Crippen LogP contribution is 2.36. The summed E-state index contributed by atoms with van der Waals surface area (Å²) in [4.78, 5) is 2.62. The van der Waals surface area contributed by atoms with E-state index < -0.39 is 0 Å². The van der Waals surface area contributed by atoms with E-state index in [0.29, 0.717) is 5.41 Å². The first-order valence-electron chi connectivity index (χ1n) is 7.36. The number of hydrogen-bond donors (Lipinski definition) is 1. The van der Waals surface area contributed by atoms with Crippen molar-refractivity contribution in [3.63, 3.8) is 0 Å². The molecule has 104 valence electrons. The van der Waals surface area contributed by atoms with E-state index in [1.54, 1.807) is 7.11 Å². The Hall–Kier alpha value is -1.06. The van der Waals surface area contributed by atoms with Crippen molar-refractivity contribution >= 4 is 0 Å². The molecule has 1 aromatic carbocycles. The fourth-order valence-electron chi connectivity index (χ4n) is 3.62. The molecule has 1 aromatic rings. The van der Waals surface area contributed by atoms with Crippen LogP contribution in [0.5, 0.6) is 5.75 Å². The molecule has 3 rings (SSSR count). The summed E-state index contributed by atoms with van der Waals surface area (Å²) in [6.07, 6.45) is 4.09. The number of rotatable bonds is 3. The minimum atomic E-state index is 0.553. The second-order valence-electron chi connectivity index (χ2n) is 6.09. The summed E-state index contributed by atoms with van der Waals surface area (Å²) in [6, 6.07) is 8.47. The number of ether oxygens (including phenoxy) is 1. The summed E-state index contributed by atoms with van der Waals surface area (Å²) in [7, 11) is 1.74. The molecule has 0 aromatic heterocycles. The van der Waals surface area contributed by atoms with Gasteiger partial charge in [0.1, 0.15) is 5.75 Å². The minimum Gasteiger partial charge on any atom is -0.497 e. The first kappa shape index (κ1) is 12.9. The molecule has 19 heavy (non-hydrogen) atoms. The van der Waals surface area contributed by atoms with Crippen LogP contribution in [0.25, 0.3) is 0 Å². The van der Waals surface area contributed by atoms with Gasteiger partial charge in [-0.05, 0) is 55.5 Å². The molecular formula is C16H24N2O. The van der Waals surface area contributed by atoms with Gasteiger partial charge in [-0.3, -0.25) is 4.90 Å². The number of piperidine rings is 1. The Kier molecular flexibility index (Phi) is 3.76. The highest BCUT2D eigenvalue weighted by molar-refractivity contribution is 5.28. The van der Waals surface area contributed by atoms with Gasteiger partial charge in [-0.25, -0.2) is 0 Å². The summed E-state index contributed by atoms with van der Waals surface area (Å²) >= 11 is 0. The third kappa shape index (κ3) is 2.93. The molecule has 3 nitrogen and oxygen atoms in total. The second-order valence-corrected chi connectivity index (χ2v) is 6.09. The van der Waals surface area contributed by atoms with Crippen LogP contribution in [-0.4, -0.2) is 38.2 Å². The van der Waals surface area contributed by atoms with E-state index in [-0.39, 0.29) is 0 Å². The van der Waals surface area contributed by atoms with E-state index in [2.05, 4.69) is 28.4 Å². The number of methoxy groups -OCH3 is 1. The Bertz CT molecular complexity index is 427.